The fourth-order valence-corrected chi connectivity index (χ4v) is 2.73. The molecule has 2 fully saturated rings. The van der Waals surface area contributed by atoms with Crippen molar-refractivity contribution in [3.05, 3.63) is 22.8 Å². The minimum absolute atomic E-state index is 0.445. The minimum Gasteiger partial charge on any atom is -0.356 e. The maximum atomic E-state index is 6.30. The highest BCUT2D eigenvalue weighted by Crippen LogP contribution is 2.35. The molecule has 1 N–H and O–H groups in total. The average Bonchev–Trinajstić information content (AvgIpc) is 3.32. The molecule has 2 aliphatic rings. The summed E-state index contributed by atoms with van der Waals surface area (Å²) in [6, 6.07) is 4.54. The molecule has 0 radical (unpaired) electrons. The van der Waals surface area contributed by atoms with Crippen LogP contribution in [0.4, 0.5) is 5.82 Å². The summed E-state index contributed by atoms with van der Waals surface area (Å²) >= 11 is 6.30. The van der Waals surface area contributed by atoms with Gasteiger partial charge in [-0.05, 0) is 49.7 Å². The van der Waals surface area contributed by atoms with Crippen LogP contribution in [0.1, 0.15) is 45.2 Å². The van der Waals surface area contributed by atoms with Crippen LogP contribution < -0.4 is 10.2 Å². The zero-order valence-corrected chi connectivity index (χ0v) is 13.9. The molecule has 0 atom stereocenters. The van der Waals surface area contributed by atoms with Crippen molar-refractivity contribution in [3.63, 3.8) is 0 Å². The van der Waals surface area contributed by atoms with Crippen molar-refractivity contribution < 1.29 is 0 Å². The molecule has 3 rings (SSSR count). The number of nitrogens with zero attached hydrogens (tertiary/aromatic N) is 2. The molecule has 0 spiro atoms. The SMILES string of the molecule is CC(C)NCc1nc(N(CC2CC2)CC2CC2)ccc1Cl. The monoisotopic (exact) mass is 307 g/mol. The van der Waals surface area contributed by atoms with Gasteiger partial charge in [0.05, 0.1) is 10.7 Å². The van der Waals surface area contributed by atoms with Crippen molar-refractivity contribution in [2.45, 2.75) is 52.1 Å². The number of anilines is 1. The van der Waals surface area contributed by atoms with Gasteiger partial charge in [0.15, 0.2) is 0 Å². The van der Waals surface area contributed by atoms with Gasteiger partial charge in [-0.2, -0.15) is 0 Å². The molecule has 0 aromatic carbocycles. The number of nitrogens with one attached hydrogen (secondary N) is 1. The van der Waals surface area contributed by atoms with Crippen molar-refractivity contribution >= 4 is 17.4 Å². The molecule has 1 aromatic heterocycles. The van der Waals surface area contributed by atoms with Crippen LogP contribution in [0, 0.1) is 11.8 Å². The molecule has 3 nitrogen and oxygen atoms in total. The fraction of sp³-hybridized carbons (Fsp3) is 0.706. The molecule has 0 bridgehead atoms. The number of pyridine rings is 1. The Hall–Kier alpha value is -0.800. The topological polar surface area (TPSA) is 28.2 Å². The molecule has 0 unspecified atom stereocenters. The lowest BCUT2D eigenvalue weighted by Crippen LogP contribution is -2.29. The summed E-state index contributed by atoms with van der Waals surface area (Å²) in [4.78, 5) is 7.33. The molecule has 116 valence electrons. The van der Waals surface area contributed by atoms with E-state index in [4.69, 9.17) is 16.6 Å². The summed E-state index contributed by atoms with van der Waals surface area (Å²) in [5.74, 6) is 2.88. The van der Waals surface area contributed by atoms with Crippen LogP contribution in [0.5, 0.6) is 0 Å². The van der Waals surface area contributed by atoms with Crippen LogP contribution in [0.25, 0.3) is 0 Å². The average molecular weight is 308 g/mol. The fourth-order valence-electron chi connectivity index (χ4n) is 2.56. The predicted molar refractivity (Wildman–Crippen MR) is 88.9 cm³/mol. The van der Waals surface area contributed by atoms with E-state index in [-0.39, 0.29) is 0 Å². The van der Waals surface area contributed by atoms with E-state index in [0.29, 0.717) is 6.04 Å². The van der Waals surface area contributed by atoms with Gasteiger partial charge in [-0.15, -0.1) is 0 Å². The highest BCUT2D eigenvalue weighted by Gasteiger charge is 2.30. The van der Waals surface area contributed by atoms with Gasteiger partial charge in [0.2, 0.25) is 0 Å². The van der Waals surface area contributed by atoms with Crippen LogP contribution in [0.2, 0.25) is 5.02 Å². The van der Waals surface area contributed by atoms with Crippen LogP contribution in [-0.4, -0.2) is 24.1 Å². The summed E-state index contributed by atoms with van der Waals surface area (Å²) in [5.41, 5.74) is 0.972. The van der Waals surface area contributed by atoms with Crippen LogP contribution >= 0.6 is 11.6 Å². The zero-order valence-electron chi connectivity index (χ0n) is 13.1. The second-order valence-corrected chi connectivity index (χ2v) is 7.33. The van der Waals surface area contributed by atoms with E-state index in [9.17, 15) is 0 Å². The van der Waals surface area contributed by atoms with E-state index < -0.39 is 0 Å². The van der Waals surface area contributed by atoms with E-state index in [2.05, 4.69) is 30.1 Å². The molecule has 0 amide bonds. The molecule has 2 aliphatic carbocycles. The van der Waals surface area contributed by atoms with Gasteiger partial charge in [0, 0.05) is 25.7 Å². The van der Waals surface area contributed by atoms with E-state index in [1.54, 1.807) is 0 Å². The molecule has 0 saturated heterocycles. The Morgan fingerprint density at radius 3 is 2.33 bits per heavy atom. The first kappa shape index (κ1) is 15.1. The molecular formula is C17H26ClN3. The molecule has 1 aromatic rings. The summed E-state index contributed by atoms with van der Waals surface area (Å²) in [6.45, 7) is 7.36. The Labute approximate surface area is 133 Å². The number of hydrogen-bond acceptors (Lipinski definition) is 3. The Kier molecular flexibility index (Phi) is 4.70. The van der Waals surface area contributed by atoms with Gasteiger partial charge in [-0.25, -0.2) is 4.98 Å². The predicted octanol–water partition coefficient (Wildman–Crippen LogP) is 3.86. The minimum atomic E-state index is 0.445. The Morgan fingerprint density at radius 1 is 1.19 bits per heavy atom. The van der Waals surface area contributed by atoms with E-state index in [1.807, 2.05) is 6.07 Å². The van der Waals surface area contributed by atoms with Gasteiger partial charge in [-0.3, -0.25) is 0 Å². The molecule has 4 heteroatoms. The van der Waals surface area contributed by atoms with E-state index in [1.165, 1.54) is 38.8 Å². The van der Waals surface area contributed by atoms with Crippen molar-refractivity contribution in [1.82, 2.24) is 10.3 Å². The van der Waals surface area contributed by atoms with Crippen molar-refractivity contribution in [2.75, 3.05) is 18.0 Å². The number of hydrogen-bond donors (Lipinski definition) is 1. The lowest BCUT2D eigenvalue weighted by molar-refractivity contribution is 0.580. The van der Waals surface area contributed by atoms with E-state index in [0.717, 1.165) is 34.9 Å². The first-order valence-electron chi connectivity index (χ1n) is 8.25. The van der Waals surface area contributed by atoms with Crippen LogP contribution in [0.3, 0.4) is 0 Å². The standard InChI is InChI=1S/C17H26ClN3/c1-12(2)19-9-16-15(18)7-8-17(20-16)21(10-13-3-4-13)11-14-5-6-14/h7-8,12-14,19H,3-6,9-11H2,1-2H3. The quantitative estimate of drug-likeness (QED) is 0.790. The highest BCUT2D eigenvalue weighted by atomic mass is 35.5. The Morgan fingerprint density at radius 2 is 1.81 bits per heavy atom. The van der Waals surface area contributed by atoms with Gasteiger partial charge >= 0.3 is 0 Å². The maximum Gasteiger partial charge on any atom is 0.128 e. The van der Waals surface area contributed by atoms with Crippen molar-refractivity contribution in [3.8, 4) is 0 Å². The maximum absolute atomic E-state index is 6.30. The highest BCUT2D eigenvalue weighted by molar-refractivity contribution is 6.31. The number of aromatic nitrogens is 1. The Bertz CT molecular complexity index is 467. The third kappa shape index (κ3) is 4.58. The van der Waals surface area contributed by atoms with Gasteiger partial charge in [-0.1, -0.05) is 25.4 Å². The molecule has 0 aliphatic heterocycles. The van der Waals surface area contributed by atoms with E-state index >= 15 is 0 Å². The van der Waals surface area contributed by atoms with Gasteiger partial charge in [0.1, 0.15) is 5.82 Å². The third-order valence-corrected chi connectivity index (χ3v) is 4.60. The van der Waals surface area contributed by atoms with Gasteiger partial charge in [0.25, 0.3) is 0 Å². The largest absolute Gasteiger partial charge is 0.356 e. The summed E-state index contributed by atoms with van der Waals surface area (Å²) in [7, 11) is 0. The second-order valence-electron chi connectivity index (χ2n) is 6.93. The summed E-state index contributed by atoms with van der Waals surface area (Å²) in [5, 5.41) is 4.18. The molecular weight excluding hydrogens is 282 g/mol. The number of halogens is 1. The van der Waals surface area contributed by atoms with Crippen LogP contribution in [-0.2, 0) is 6.54 Å². The summed E-state index contributed by atoms with van der Waals surface area (Å²) in [6.07, 6.45) is 5.54. The zero-order chi connectivity index (χ0) is 14.8. The van der Waals surface area contributed by atoms with Gasteiger partial charge < -0.3 is 10.2 Å². The molecule has 2 saturated carbocycles. The normalized spacial score (nSPS) is 18.3. The molecule has 21 heavy (non-hydrogen) atoms. The lowest BCUT2D eigenvalue weighted by Gasteiger charge is -2.24. The second kappa shape index (κ2) is 6.53. The van der Waals surface area contributed by atoms with Crippen molar-refractivity contribution in [2.24, 2.45) is 11.8 Å². The first-order chi connectivity index (χ1) is 10.1. The molecule has 1 heterocycles. The first-order valence-corrected chi connectivity index (χ1v) is 8.63. The Balaban J connectivity index is 1.72. The lowest BCUT2D eigenvalue weighted by atomic mass is 10.2. The van der Waals surface area contributed by atoms with Crippen molar-refractivity contribution in [1.29, 1.82) is 0 Å². The number of rotatable bonds is 8. The third-order valence-electron chi connectivity index (χ3n) is 4.26. The summed E-state index contributed by atoms with van der Waals surface area (Å²) < 4.78 is 0. The van der Waals surface area contributed by atoms with Crippen LogP contribution in [0.15, 0.2) is 12.1 Å². The smallest absolute Gasteiger partial charge is 0.128 e.